The zero-order chi connectivity index (χ0) is 13.8. The first-order chi connectivity index (χ1) is 9.10. The van der Waals surface area contributed by atoms with Crippen molar-refractivity contribution in [3.05, 3.63) is 47.2 Å². The summed E-state index contributed by atoms with van der Waals surface area (Å²) in [6, 6.07) is 9.05. The predicted molar refractivity (Wildman–Crippen MR) is 72.5 cm³/mol. The fourth-order valence-electron chi connectivity index (χ4n) is 1.70. The zero-order valence-electron chi connectivity index (χ0n) is 11.1. The lowest BCUT2D eigenvalue weighted by atomic mass is 10.1. The van der Waals surface area contributed by atoms with Gasteiger partial charge in [-0.3, -0.25) is 10.1 Å². The molecule has 0 saturated heterocycles. The summed E-state index contributed by atoms with van der Waals surface area (Å²) in [7, 11) is 1.52. The summed E-state index contributed by atoms with van der Waals surface area (Å²) in [5.41, 5.74) is 2.23. The van der Waals surface area contributed by atoms with Gasteiger partial charge in [-0.05, 0) is 25.5 Å². The molecule has 0 spiro atoms. The molecule has 98 valence electrons. The van der Waals surface area contributed by atoms with Crippen LogP contribution in [-0.2, 0) is 0 Å². The highest BCUT2D eigenvalue weighted by Crippen LogP contribution is 2.13. The van der Waals surface area contributed by atoms with Crippen LogP contribution in [0.4, 0.5) is 5.95 Å². The number of nitrogens with one attached hydrogen (secondary N) is 1. The van der Waals surface area contributed by atoms with Crippen LogP contribution in [-0.4, -0.2) is 23.0 Å². The summed E-state index contributed by atoms with van der Waals surface area (Å²) in [5.74, 6) is 0.434. The number of hydrogen-bond acceptors (Lipinski definition) is 4. The van der Waals surface area contributed by atoms with Gasteiger partial charge in [0.05, 0.1) is 7.11 Å². The van der Waals surface area contributed by atoms with E-state index < -0.39 is 0 Å². The van der Waals surface area contributed by atoms with Crippen molar-refractivity contribution >= 4 is 11.9 Å². The quantitative estimate of drug-likeness (QED) is 0.916. The highest BCUT2D eigenvalue weighted by Gasteiger charge is 2.11. The number of aryl methyl sites for hydroxylation is 2. The highest BCUT2D eigenvalue weighted by molar-refractivity contribution is 6.04. The molecule has 0 unspecified atom stereocenters. The topological polar surface area (TPSA) is 64.1 Å². The number of methoxy groups -OCH3 is 1. The molecule has 5 heteroatoms. The molecule has 1 aromatic heterocycles. The van der Waals surface area contributed by atoms with Gasteiger partial charge in [-0.1, -0.05) is 18.2 Å². The number of nitrogens with zero attached hydrogens (tertiary/aromatic N) is 2. The first kappa shape index (κ1) is 13.0. The third kappa shape index (κ3) is 3.07. The van der Waals surface area contributed by atoms with E-state index in [-0.39, 0.29) is 11.9 Å². The van der Waals surface area contributed by atoms with Gasteiger partial charge in [-0.15, -0.1) is 0 Å². The van der Waals surface area contributed by atoms with E-state index in [4.69, 9.17) is 4.74 Å². The largest absolute Gasteiger partial charge is 0.481 e. The van der Waals surface area contributed by atoms with Crippen LogP contribution in [0.15, 0.2) is 30.3 Å². The monoisotopic (exact) mass is 257 g/mol. The molecule has 1 N–H and O–H groups in total. The van der Waals surface area contributed by atoms with Gasteiger partial charge in [0.2, 0.25) is 11.8 Å². The summed E-state index contributed by atoms with van der Waals surface area (Å²) >= 11 is 0. The van der Waals surface area contributed by atoms with Crippen LogP contribution in [0.1, 0.15) is 21.6 Å². The molecule has 0 fully saturated rings. The number of amides is 1. The van der Waals surface area contributed by atoms with E-state index in [0.717, 1.165) is 11.3 Å². The molecule has 0 aliphatic carbocycles. The van der Waals surface area contributed by atoms with Crippen LogP contribution in [0.5, 0.6) is 5.88 Å². The Hall–Kier alpha value is -2.43. The number of rotatable bonds is 3. The van der Waals surface area contributed by atoms with Crippen LogP contribution in [0.3, 0.4) is 0 Å². The SMILES string of the molecule is COc1cc(C)nc(NC(=O)c2ccccc2C)n1. The number of benzene rings is 1. The average Bonchev–Trinajstić information content (AvgIpc) is 2.38. The molecular formula is C14H15N3O2. The van der Waals surface area contributed by atoms with E-state index in [1.165, 1.54) is 7.11 Å². The van der Waals surface area contributed by atoms with Gasteiger partial charge in [-0.2, -0.15) is 4.98 Å². The molecule has 2 aromatic rings. The Morgan fingerprint density at radius 2 is 1.95 bits per heavy atom. The zero-order valence-corrected chi connectivity index (χ0v) is 11.1. The molecule has 2 rings (SSSR count). The molecule has 1 heterocycles. The lowest BCUT2D eigenvalue weighted by Crippen LogP contribution is -2.15. The van der Waals surface area contributed by atoms with Crippen LogP contribution >= 0.6 is 0 Å². The van der Waals surface area contributed by atoms with E-state index in [1.807, 2.05) is 32.0 Å². The molecule has 0 atom stereocenters. The smallest absolute Gasteiger partial charge is 0.258 e. The third-order valence-corrected chi connectivity index (χ3v) is 2.65. The fraction of sp³-hybridized carbons (Fsp3) is 0.214. The van der Waals surface area contributed by atoms with Gasteiger partial charge in [0.1, 0.15) is 0 Å². The maximum Gasteiger partial charge on any atom is 0.258 e. The van der Waals surface area contributed by atoms with Crippen molar-refractivity contribution in [3.8, 4) is 5.88 Å². The van der Waals surface area contributed by atoms with Crippen molar-refractivity contribution in [2.24, 2.45) is 0 Å². The second-order valence-corrected chi connectivity index (χ2v) is 4.14. The summed E-state index contributed by atoms with van der Waals surface area (Å²) in [4.78, 5) is 20.3. The number of anilines is 1. The van der Waals surface area contributed by atoms with Gasteiger partial charge >= 0.3 is 0 Å². The molecule has 0 radical (unpaired) electrons. The normalized spacial score (nSPS) is 10.1. The van der Waals surface area contributed by atoms with E-state index in [9.17, 15) is 4.79 Å². The molecule has 0 aliphatic rings. The van der Waals surface area contributed by atoms with Crippen molar-refractivity contribution in [3.63, 3.8) is 0 Å². The molecular weight excluding hydrogens is 242 g/mol. The minimum atomic E-state index is -0.231. The van der Waals surface area contributed by atoms with Crippen molar-refractivity contribution < 1.29 is 9.53 Å². The lowest BCUT2D eigenvalue weighted by molar-refractivity contribution is 0.102. The van der Waals surface area contributed by atoms with E-state index in [2.05, 4.69) is 15.3 Å². The Balaban J connectivity index is 2.24. The van der Waals surface area contributed by atoms with Crippen LogP contribution < -0.4 is 10.1 Å². The molecule has 1 aromatic carbocycles. The second kappa shape index (κ2) is 5.48. The number of aromatic nitrogens is 2. The van der Waals surface area contributed by atoms with Gasteiger partial charge < -0.3 is 4.74 Å². The summed E-state index contributed by atoms with van der Waals surface area (Å²) in [6.07, 6.45) is 0. The first-order valence-electron chi connectivity index (χ1n) is 5.87. The van der Waals surface area contributed by atoms with E-state index >= 15 is 0 Å². The lowest BCUT2D eigenvalue weighted by Gasteiger charge is -2.08. The Bertz CT molecular complexity index is 611. The Morgan fingerprint density at radius 1 is 1.21 bits per heavy atom. The maximum absolute atomic E-state index is 12.1. The van der Waals surface area contributed by atoms with Crippen molar-refractivity contribution in [2.45, 2.75) is 13.8 Å². The summed E-state index contributed by atoms with van der Waals surface area (Å²) in [6.45, 7) is 3.69. The molecule has 19 heavy (non-hydrogen) atoms. The second-order valence-electron chi connectivity index (χ2n) is 4.14. The standard InChI is InChI=1S/C14H15N3O2/c1-9-6-4-5-7-11(9)13(18)17-14-15-10(2)8-12(16-14)19-3/h4-8H,1-3H3,(H,15,16,17,18). The predicted octanol–water partition coefficient (Wildman–Crippen LogP) is 2.35. The van der Waals surface area contributed by atoms with Crippen LogP contribution in [0.2, 0.25) is 0 Å². The fourth-order valence-corrected chi connectivity index (χ4v) is 1.70. The third-order valence-electron chi connectivity index (χ3n) is 2.65. The van der Waals surface area contributed by atoms with Gasteiger partial charge in [-0.25, -0.2) is 4.98 Å². The number of carbonyl (C=O) groups is 1. The van der Waals surface area contributed by atoms with Crippen LogP contribution in [0, 0.1) is 13.8 Å². The molecule has 0 bridgehead atoms. The van der Waals surface area contributed by atoms with Gasteiger partial charge in [0.25, 0.3) is 5.91 Å². The van der Waals surface area contributed by atoms with E-state index in [0.29, 0.717) is 11.4 Å². The van der Waals surface area contributed by atoms with Crippen LogP contribution in [0.25, 0.3) is 0 Å². The number of ether oxygens (including phenoxy) is 1. The molecule has 5 nitrogen and oxygen atoms in total. The Labute approximate surface area is 111 Å². The van der Waals surface area contributed by atoms with Gasteiger partial charge in [0.15, 0.2) is 0 Å². The summed E-state index contributed by atoms with van der Waals surface area (Å²) in [5, 5.41) is 2.67. The minimum Gasteiger partial charge on any atom is -0.481 e. The summed E-state index contributed by atoms with van der Waals surface area (Å²) < 4.78 is 5.04. The molecule has 0 saturated carbocycles. The Kier molecular flexibility index (Phi) is 3.75. The maximum atomic E-state index is 12.1. The van der Waals surface area contributed by atoms with Crippen molar-refractivity contribution in [1.82, 2.24) is 9.97 Å². The molecule has 1 amide bonds. The van der Waals surface area contributed by atoms with Crippen molar-refractivity contribution in [1.29, 1.82) is 0 Å². The minimum absolute atomic E-state index is 0.231. The van der Waals surface area contributed by atoms with Gasteiger partial charge in [0, 0.05) is 17.3 Å². The highest BCUT2D eigenvalue weighted by atomic mass is 16.5. The van der Waals surface area contributed by atoms with Crippen molar-refractivity contribution in [2.75, 3.05) is 12.4 Å². The molecule has 0 aliphatic heterocycles. The van der Waals surface area contributed by atoms with E-state index in [1.54, 1.807) is 12.1 Å². The first-order valence-corrected chi connectivity index (χ1v) is 5.87. The average molecular weight is 257 g/mol. The number of hydrogen-bond donors (Lipinski definition) is 1. The Morgan fingerprint density at radius 3 is 2.63 bits per heavy atom. The number of carbonyl (C=O) groups excluding carboxylic acids is 1.